The van der Waals surface area contributed by atoms with Gasteiger partial charge in [0.2, 0.25) is 0 Å². The van der Waals surface area contributed by atoms with Crippen LogP contribution in [0.2, 0.25) is 0 Å². The third kappa shape index (κ3) is 3.94. The van der Waals surface area contributed by atoms with E-state index in [1.165, 1.54) is 0 Å². The second kappa shape index (κ2) is 6.28. The highest BCUT2D eigenvalue weighted by molar-refractivity contribution is 5.71. The van der Waals surface area contributed by atoms with Gasteiger partial charge in [0, 0.05) is 5.92 Å². The fraction of sp³-hybridized carbons (Fsp3) is 0.667. The summed E-state index contributed by atoms with van der Waals surface area (Å²) >= 11 is 0. The highest BCUT2D eigenvalue weighted by Gasteiger charge is 2.32. The summed E-state index contributed by atoms with van der Waals surface area (Å²) in [6, 6.07) is 0. The average molecular weight is 252 g/mol. The van der Waals surface area contributed by atoms with Crippen LogP contribution in [0.15, 0.2) is 12.2 Å². The van der Waals surface area contributed by atoms with Crippen molar-refractivity contribution < 1.29 is 9.90 Å². The summed E-state index contributed by atoms with van der Waals surface area (Å²) in [5, 5.41) is 23.1. The molecule has 0 aliphatic rings. The number of aromatic nitrogens is 4. The smallest absolute Gasteiger partial charge is 0.307 e. The number of tetrazole rings is 1. The molecule has 0 spiro atoms. The van der Waals surface area contributed by atoms with Crippen LogP contribution < -0.4 is 0 Å². The number of hydrogen-bond donors (Lipinski definition) is 2. The Bertz CT molecular complexity index is 400. The van der Waals surface area contributed by atoms with Crippen molar-refractivity contribution in [2.24, 2.45) is 11.8 Å². The van der Waals surface area contributed by atoms with E-state index in [9.17, 15) is 9.90 Å². The maximum Gasteiger partial charge on any atom is 0.307 e. The largest absolute Gasteiger partial charge is 0.481 e. The quantitative estimate of drug-likeness (QED) is 0.724. The molecule has 0 fully saturated rings. The molecule has 0 bridgehead atoms. The molecule has 1 rings (SSSR count). The predicted octanol–water partition coefficient (Wildman–Crippen LogP) is 2.00. The Kier molecular flexibility index (Phi) is 5.00. The number of rotatable bonds is 7. The molecule has 1 heterocycles. The Labute approximate surface area is 106 Å². The molecule has 100 valence electrons. The Balaban J connectivity index is 2.98. The third-order valence-corrected chi connectivity index (χ3v) is 2.79. The molecular weight excluding hydrogens is 232 g/mol. The van der Waals surface area contributed by atoms with Crippen molar-refractivity contribution in [1.82, 2.24) is 20.6 Å². The average Bonchev–Trinajstić information content (AvgIpc) is 2.75. The van der Waals surface area contributed by atoms with Gasteiger partial charge in [0.15, 0.2) is 5.82 Å². The fourth-order valence-corrected chi connectivity index (χ4v) is 2.06. The minimum atomic E-state index is -0.820. The lowest BCUT2D eigenvalue weighted by molar-refractivity contribution is -0.143. The van der Waals surface area contributed by atoms with Crippen molar-refractivity contribution in [3.63, 3.8) is 0 Å². The van der Waals surface area contributed by atoms with E-state index in [1.54, 1.807) is 0 Å². The zero-order chi connectivity index (χ0) is 13.7. The summed E-state index contributed by atoms with van der Waals surface area (Å²) in [6.45, 7) is 9.73. The van der Waals surface area contributed by atoms with E-state index in [1.807, 2.05) is 20.8 Å². The van der Waals surface area contributed by atoms with Gasteiger partial charge in [0.1, 0.15) is 0 Å². The minimum Gasteiger partial charge on any atom is -0.481 e. The first-order chi connectivity index (χ1) is 8.41. The van der Waals surface area contributed by atoms with Crippen molar-refractivity contribution in [2.75, 3.05) is 0 Å². The lowest BCUT2D eigenvalue weighted by Gasteiger charge is -2.22. The van der Waals surface area contributed by atoms with Crippen LogP contribution >= 0.6 is 0 Å². The molecule has 0 unspecified atom stereocenters. The lowest BCUT2D eigenvalue weighted by atomic mass is 9.81. The predicted molar refractivity (Wildman–Crippen MR) is 66.9 cm³/mol. The van der Waals surface area contributed by atoms with Gasteiger partial charge in [-0.2, -0.15) is 5.21 Å². The van der Waals surface area contributed by atoms with Crippen LogP contribution in [0.4, 0.5) is 0 Å². The van der Waals surface area contributed by atoms with Crippen LogP contribution in [-0.2, 0) is 4.79 Å². The lowest BCUT2D eigenvalue weighted by Crippen LogP contribution is -2.25. The molecule has 0 aliphatic carbocycles. The highest BCUT2D eigenvalue weighted by Crippen LogP contribution is 2.32. The maximum atomic E-state index is 11.4. The second-order valence-electron chi connectivity index (χ2n) is 5.11. The number of nitrogens with one attached hydrogen (secondary N) is 1. The number of carbonyl (C=O) groups is 1. The van der Waals surface area contributed by atoms with Crippen LogP contribution in [0.25, 0.3) is 0 Å². The van der Waals surface area contributed by atoms with Gasteiger partial charge in [-0.25, -0.2) is 0 Å². The van der Waals surface area contributed by atoms with Crippen LogP contribution in [0.5, 0.6) is 0 Å². The maximum absolute atomic E-state index is 11.4. The second-order valence-corrected chi connectivity index (χ2v) is 5.11. The molecule has 6 nitrogen and oxygen atoms in total. The van der Waals surface area contributed by atoms with Gasteiger partial charge in [-0.1, -0.05) is 24.6 Å². The number of allylic oxidation sites excluding steroid dienone is 1. The van der Waals surface area contributed by atoms with Crippen molar-refractivity contribution >= 4 is 5.97 Å². The van der Waals surface area contributed by atoms with Gasteiger partial charge in [-0.3, -0.25) is 4.79 Å². The standard InChI is InChI=1S/C12H20N4O2/c1-7(2)5-9(11-13-15-16-14-11)10(12(17)18)6-8(3)4/h8-10H,1,5-6H2,2-4H3,(H,17,18)(H,13,14,15,16)/t9-,10-/m0/s1. The van der Waals surface area contributed by atoms with E-state index in [0.29, 0.717) is 24.6 Å². The zero-order valence-electron chi connectivity index (χ0n) is 11.1. The van der Waals surface area contributed by atoms with Crippen molar-refractivity contribution in [1.29, 1.82) is 0 Å². The van der Waals surface area contributed by atoms with E-state index < -0.39 is 11.9 Å². The molecular formula is C12H20N4O2. The molecule has 18 heavy (non-hydrogen) atoms. The third-order valence-electron chi connectivity index (χ3n) is 2.79. The van der Waals surface area contributed by atoms with Gasteiger partial charge in [0.25, 0.3) is 0 Å². The molecule has 6 heteroatoms. The van der Waals surface area contributed by atoms with E-state index in [0.717, 1.165) is 5.57 Å². The zero-order valence-corrected chi connectivity index (χ0v) is 11.1. The van der Waals surface area contributed by atoms with E-state index in [4.69, 9.17) is 0 Å². The van der Waals surface area contributed by atoms with Crippen LogP contribution in [0.1, 0.15) is 45.4 Å². The summed E-state index contributed by atoms with van der Waals surface area (Å²) in [5.74, 6) is -0.864. The van der Waals surface area contributed by atoms with Crippen LogP contribution in [0.3, 0.4) is 0 Å². The Hall–Kier alpha value is -1.72. The van der Waals surface area contributed by atoms with Crippen molar-refractivity contribution in [3.05, 3.63) is 18.0 Å². The molecule has 1 aromatic rings. The van der Waals surface area contributed by atoms with E-state index in [2.05, 4.69) is 27.2 Å². The molecule has 0 saturated heterocycles. The van der Waals surface area contributed by atoms with Gasteiger partial charge < -0.3 is 5.11 Å². The number of aromatic amines is 1. The topological polar surface area (TPSA) is 91.8 Å². The first kappa shape index (κ1) is 14.3. The normalized spacial score (nSPS) is 14.4. The first-order valence-corrected chi connectivity index (χ1v) is 6.02. The molecule has 2 atom stereocenters. The Morgan fingerprint density at radius 2 is 2.17 bits per heavy atom. The van der Waals surface area contributed by atoms with Gasteiger partial charge in [-0.05, 0) is 25.7 Å². The monoisotopic (exact) mass is 252 g/mol. The molecule has 0 aliphatic heterocycles. The van der Waals surface area contributed by atoms with Gasteiger partial charge in [0.05, 0.1) is 5.92 Å². The van der Waals surface area contributed by atoms with Crippen molar-refractivity contribution in [3.8, 4) is 0 Å². The number of nitrogens with zero attached hydrogens (tertiary/aromatic N) is 3. The Morgan fingerprint density at radius 3 is 2.56 bits per heavy atom. The first-order valence-electron chi connectivity index (χ1n) is 6.02. The number of hydrogen-bond acceptors (Lipinski definition) is 4. The van der Waals surface area contributed by atoms with Gasteiger partial charge in [-0.15, -0.1) is 16.8 Å². The van der Waals surface area contributed by atoms with E-state index in [-0.39, 0.29) is 5.92 Å². The van der Waals surface area contributed by atoms with Crippen molar-refractivity contribution in [2.45, 2.75) is 39.5 Å². The molecule has 1 aromatic heterocycles. The number of H-pyrrole nitrogens is 1. The number of aliphatic carboxylic acids is 1. The summed E-state index contributed by atoms with van der Waals surface area (Å²) in [4.78, 5) is 11.4. The SMILES string of the molecule is C=C(C)C[C@H](c1nn[nH]n1)[C@H](CC(C)C)C(=O)O. The summed E-state index contributed by atoms with van der Waals surface area (Å²) < 4.78 is 0. The Morgan fingerprint density at radius 1 is 1.50 bits per heavy atom. The summed E-state index contributed by atoms with van der Waals surface area (Å²) in [7, 11) is 0. The highest BCUT2D eigenvalue weighted by atomic mass is 16.4. The number of carboxylic acid groups (broad SMARTS) is 1. The number of carboxylic acids is 1. The molecule has 0 saturated carbocycles. The summed E-state index contributed by atoms with van der Waals surface area (Å²) in [5.41, 5.74) is 0.916. The summed E-state index contributed by atoms with van der Waals surface area (Å²) in [6.07, 6.45) is 1.14. The van der Waals surface area contributed by atoms with E-state index >= 15 is 0 Å². The van der Waals surface area contributed by atoms with Crippen LogP contribution in [0, 0.1) is 11.8 Å². The van der Waals surface area contributed by atoms with Crippen LogP contribution in [-0.4, -0.2) is 31.7 Å². The molecule has 2 N–H and O–H groups in total. The fourth-order valence-electron chi connectivity index (χ4n) is 2.06. The van der Waals surface area contributed by atoms with Gasteiger partial charge >= 0.3 is 5.97 Å². The molecule has 0 amide bonds. The minimum absolute atomic E-state index is 0.277. The molecule has 0 aromatic carbocycles. The molecule has 0 radical (unpaired) electrons.